The van der Waals surface area contributed by atoms with E-state index in [4.69, 9.17) is 34.0 Å². The molecule has 0 aliphatic heterocycles. The number of aliphatic hydroxyl groups is 1. The Labute approximate surface area is 135 Å². The summed E-state index contributed by atoms with van der Waals surface area (Å²) in [6.45, 7) is 5.21. The van der Waals surface area contributed by atoms with Gasteiger partial charge in [-0.15, -0.1) is 0 Å². The highest BCUT2D eigenvalue weighted by Gasteiger charge is 2.21. The van der Waals surface area contributed by atoms with Crippen molar-refractivity contribution in [1.29, 1.82) is 0 Å². The van der Waals surface area contributed by atoms with Crippen molar-refractivity contribution in [3.05, 3.63) is 22.2 Å². The van der Waals surface area contributed by atoms with E-state index < -0.39 is 0 Å². The number of hydrogen-bond donors (Lipinski definition) is 3. The highest BCUT2D eigenvalue weighted by molar-refractivity contribution is 6.40. The quantitative estimate of drug-likeness (QED) is 0.670. The predicted molar refractivity (Wildman–Crippen MR) is 87.9 cm³/mol. The first-order chi connectivity index (χ1) is 9.90. The molecule has 0 aliphatic rings. The van der Waals surface area contributed by atoms with Crippen LogP contribution in [0.3, 0.4) is 0 Å². The SMILES string of the molecule is CCN(CCCO)C(C)C(=O)Nc1c(Cl)cc(N)cc1Cl. The van der Waals surface area contributed by atoms with Crippen molar-refractivity contribution < 1.29 is 9.90 Å². The summed E-state index contributed by atoms with van der Waals surface area (Å²) in [6, 6.07) is 2.72. The monoisotopic (exact) mass is 333 g/mol. The lowest BCUT2D eigenvalue weighted by Gasteiger charge is -2.27. The molecule has 4 N–H and O–H groups in total. The molecule has 21 heavy (non-hydrogen) atoms. The minimum atomic E-state index is -0.355. The molecule has 1 amide bonds. The number of carbonyl (C=O) groups is 1. The lowest BCUT2D eigenvalue weighted by molar-refractivity contribution is -0.120. The van der Waals surface area contributed by atoms with E-state index in [0.29, 0.717) is 40.9 Å². The Morgan fingerprint density at radius 3 is 2.48 bits per heavy atom. The maximum Gasteiger partial charge on any atom is 0.241 e. The summed E-state index contributed by atoms with van der Waals surface area (Å²) in [5.41, 5.74) is 6.43. The van der Waals surface area contributed by atoms with E-state index >= 15 is 0 Å². The van der Waals surface area contributed by atoms with Gasteiger partial charge in [0.05, 0.1) is 21.8 Å². The molecule has 0 aromatic heterocycles. The van der Waals surface area contributed by atoms with Crippen molar-refractivity contribution in [1.82, 2.24) is 4.90 Å². The molecule has 0 heterocycles. The van der Waals surface area contributed by atoms with Gasteiger partial charge < -0.3 is 16.2 Å². The summed E-state index contributed by atoms with van der Waals surface area (Å²) >= 11 is 12.1. The van der Waals surface area contributed by atoms with Crippen LogP contribution < -0.4 is 11.1 Å². The molecule has 1 rings (SSSR count). The number of benzene rings is 1. The standard InChI is InChI=1S/C14H21Cl2N3O2/c1-3-19(5-4-6-20)9(2)14(21)18-13-11(15)7-10(17)8-12(13)16/h7-9,20H,3-6,17H2,1-2H3,(H,18,21). The van der Waals surface area contributed by atoms with Gasteiger partial charge in [-0.05, 0) is 32.0 Å². The molecule has 118 valence electrons. The third-order valence-corrected chi connectivity index (χ3v) is 3.85. The number of carbonyl (C=O) groups excluding carboxylic acids is 1. The summed E-state index contributed by atoms with van der Waals surface area (Å²) in [6.07, 6.45) is 0.620. The summed E-state index contributed by atoms with van der Waals surface area (Å²) in [7, 11) is 0. The van der Waals surface area contributed by atoms with Crippen LogP contribution in [0.25, 0.3) is 0 Å². The minimum Gasteiger partial charge on any atom is -0.399 e. The Morgan fingerprint density at radius 1 is 1.43 bits per heavy atom. The van der Waals surface area contributed by atoms with Crippen LogP contribution in [0, 0.1) is 0 Å². The number of rotatable bonds is 7. The van der Waals surface area contributed by atoms with Gasteiger partial charge in [-0.1, -0.05) is 30.1 Å². The van der Waals surface area contributed by atoms with E-state index in [9.17, 15) is 4.79 Å². The van der Waals surface area contributed by atoms with E-state index in [1.54, 1.807) is 6.92 Å². The molecule has 0 fully saturated rings. The van der Waals surface area contributed by atoms with E-state index in [-0.39, 0.29) is 18.6 Å². The maximum atomic E-state index is 12.3. The summed E-state index contributed by atoms with van der Waals surface area (Å²) in [4.78, 5) is 14.3. The van der Waals surface area contributed by atoms with Crippen LogP contribution >= 0.6 is 23.2 Å². The third-order valence-electron chi connectivity index (χ3n) is 3.25. The van der Waals surface area contributed by atoms with Crippen molar-refractivity contribution in [2.45, 2.75) is 26.3 Å². The Hall–Kier alpha value is -1.01. The van der Waals surface area contributed by atoms with Crippen LogP contribution in [0.2, 0.25) is 10.0 Å². The van der Waals surface area contributed by atoms with Gasteiger partial charge in [-0.25, -0.2) is 0 Å². The Kier molecular flexibility index (Phi) is 7.25. The molecule has 0 aliphatic carbocycles. The van der Waals surface area contributed by atoms with Crippen molar-refractivity contribution in [2.24, 2.45) is 0 Å². The highest BCUT2D eigenvalue weighted by Crippen LogP contribution is 2.33. The largest absolute Gasteiger partial charge is 0.399 e. The van der Waals surface area contributed by atoms with Gasteiger partial charge in [-0.3, -0.25) is 9.69 Å². The van der Waals surface area contributed by atoms with Crippen LogP contribution in [-0.4, -0.2) is 41.7 Å². The summed E-state index contributed by atoms with van der Waals surface area (Å²) in [5.74, 6) is -0.205. The molecule has 7 heteroatoms. The fourth-order valence-electron chi connectivity index (χ4n) is 2.01. The average molecular weight is 334 g/mol. The number of nitrogens with zero attached hydrogens (tertiary/aromatic N) is 1. The van der Waals surface area contributed by atoms with Gasteiger partial charge >= 0.3 is 0 Å². The molecule has 1 aromatic rings. The minimum absolute atomic E-state index is 0.0977. The van der Waals surface area contributed by atoms with E-state index in [0.717, 1.165) is 0 Å². The maximum absolute atomic E-state index is 12.3. The first-order valence-corrected chi connectivity index (χ1v) is 7.56. The fraction of sp³-hybridized carbons (Fsp3) is 0.500. The molecule has 0 radical (unpaired) electrons. The van der Waals surface area contributed by atoms with Crippen LogP contribution in [-0.2, 0) is 4.79 Å². The van der Waals surface area contributed by atoms with Crippen molar-refractivity contribution >= 4 is 40.5 Å². The number of nitrogens with one attached hydrogen (secondary N) is 1. The highest BCUT2D eigenvalue weighted by atomic mass is 35.5. The molecule has 0 saturated carbocycles. The average Bonchev–Trinajstić information content (AvgIpc) is 2.43. The van der Waals surface area contributed by atoms with Gasteiger partial charge in [0, 0.05) is 18.8 Å². The lowest BCUT2D eigenvalue weighted by Crippen LogP contribution is -2.42. The first kappa shape index (κ1) is 18.0. The van der Waals surface area contributed by atoms with Crippen LogP contribution in [0.5, 0.6) is 0 Å². The Bertz CT molecular complexity index is 474. The number of amides is 1. The topological polar surface area (TPSA) is 78.6 Å². The Morgan fingerprint density at radius 2 is 2.00 bits per heavy atom. The number of anilines is 2. The number of hydrogen-bond acceptors (Lipinski definition) is 4. The van der Waals surface area contributed by atoms with Crippen molar-refractivity contribution in [3.63, 3.8) is 0 Å². The van der Waals surface area contributed by atoms with E-state index in [1.165, 1.54) is 12.1 Å². The second-order valence-electron chi connectivity index (χ2n) is 4.73. The van der Waals surface area contributed by atoms with Crippen LogP contribution in [0.4, 0.5) is 11.4 Å². The molecular weight excluding hydrogens is 313 g/mol. The molecule has 0 bridgehead atoms. The van der Waals surface area contributed by atoms with Gasteiger partial charge in [0.2, 0.25) is 5.91 Å². The smallest absolute Gasteiger partial charge is 0.241 e. The zero-order valence-corrected chi connectivity index (χ0v) is 13.7. The predicted octanol–water partition coefficient (Wildman–Crippen LogP) is 2.61. The van der Waals surface area contributed by atoms with E-state index in [1.807, 2.05) is 11.8 Å². The normalized spacial score (nSPS) is 12.5. The summed E-state index contributed by atoms with van der Waals surface area (Å²) < 4.78 is 0. The van der Waals surface area contributed by atoms with Gasteiger partial charge in [-0.2, -0.15) is 0 Å². The van der Waals surface area contributed by atoms with Gasteiger partial charge in [0.25, 0.3) is 0 Å². The van der Waals surface area contributed by atoms with E-state index in [2.05, 4.69) is 5.32 Å². The Balaban J connectivity index is 2.80. The van der Waals surface area contributed by atoms with Crippen LogP contribution in [0.15, 0.2) is 12.1 Å². The second kappa shape index (κ2) is 8.44. The number of nitrogens with two attached hydrogens (primary N) is 1. The fourth-order valence-corrected chi connectivity index (χ4v) is 2.60. The molecule has 1 aromatic carbocycles. The number of aliphatic hydroxyl groups excluding tert-OH is 1. The van der Waals surface area contributed by atoms with Gasteiger partial charge in [0.1, 0.15) is 0 Å². The number of likely N-dealkylation sites (N-methyl/N-ethyl adjacent to an activating group) is 1. The second-order valence-corrected chi connectivity index (χ2v) is 5.54. The molecule has 0 spiro atoms. The zero-order chi connectivity index (χ0) is 16.0. The number of halogens is 2. The lowest BCUT2D eigenvalue weighted by atomic mass is 10.2. The van der Waals surface area contributed by atoms with Crippen molar-refractivity contribution in [2.75, 3.05) is 30.7 Å². The molecule has 1 unspecified atom stereocenters. The zero-order valence-electron chi connectivity index (χ0n) is 12.2. The number of nitrogen functional groups attached to an aromatic ring is 1. The third kappa shape index (κ3) is 5.04. The molecule has 5 nitrogen and oxygen atoms in total. The summed E-state index contributed by atoms with van der Waals surface area (Å²) in [5, 5.41) is 12.2. The molecule has 1 atom stereocenters. The first-order valence-electron chi connectivity index (χ1n) is 6.81. The van der Waals surface area contributed by atoms with Crippen LogP contribution in [0.1, 0.15) is 20.3 Å². The molecule has 0 saturated heterocycles. The van der Waals surface area contributed by atoms with Crippen molar-refractivity contribution in [3.8, 4) is 0 Å². The van der Waals surface area contributed by atoms with Gasteiger partial charge in [0.15, 0.2) is 0 Å². The molecular formula is C14H21Cl2N3O2.